The van der Waals surface area contributed by atoms with Gasteiger partial charge in [0.25, 0.3) is 0 Å². The summed E-state index contributed by atoms with van der Waals surface area (Å²) in [5.74, 6) is -0.618. The lowest BCUT2D eigenvalue weighted by Gasteiger charge is -2.29. The van der Waals surface area contributed by atoms with Crippen molar-refractivity contribution in [3.05, 3.63) is 83.5 Å². The zero-order valence-electron chi connectivity index (χ0n) is 21.4. The molecule has 2 amide bonds. The molecule has 1 saturated heterocycles. The number of fused-ring (bicyclic) bond motifs is 1. The highest BCUT2D eigenvalue weighted by Gasteiger charge is 2.37. The maximum atomic E-state index is 14.0. The van der Waals surface area contributed by atoms with Gasteiger partial charge in [0, 0.05) is 30.8 Å². The van der Waals surface area contributed by atoms with Crippen LogP contribution in [0.25, 0.3) is 21.5 Å². The summed E-state index contributed by atoms with van der Waals surface area (Å²) in [7, 11) is 0. The molecule has 2 N–H and O–H groups in total. The van der Waals surface area contributed by atoms with Gasteiger partial charge in [-0.1, -0.05) is 78.9 Å². The van der Waals surface area contributed by atoms with Crippen LogP contribution in [0.15, 0.2) is 72.9 Å². The fourth-order valence-electron chi connectivity index (χ4n) is 5.04. The smallest absolute Gasteiger partial charge is 0.250 e. The third-order valence-corrected chi connectivity index (χ3v) is 8.19. The zero-order chi connectivity index (χ0) is 26.5. The lowest BCUT2D eigenvalue weighted by molar-refractivity contribution is -0.138. The van der Waals surface area contributed by atoms with Gasteiger partial charge < -0.3 is 15.3 Å². The second kappa shape index (κ2) is 11.8. The second-order valence-electron chi connectivity index (χ2n) is 9.74. The molecular formula is C30H32N4O3S. The number of aliphatic hydroxyl groups excluding tert-OH is 1. The number of rotatable bonds is 9. The molecule has 2 aromatic heterocycles. The van der Waals surface area contributed by atoms with Gasteiger partial charge in [-0.15, -0.1) is 0 Å². The van der Waals surface area contributed by atoms with E-state index in [-0.39, 0.29) is 30.4 Å². The maximum Gasteiger partial charge on any atom is 0.250 e. The number of amides is 2. The van der Waals surface area contributed by atoms with Gasteiger partial charge in [-0.25, -0.2) is 9.97 Å². The topological polar surface area (TPSA) is 95.4 Å². The molecule has 0 saturated carbocycles. The third kappa shape index (κ3) is 5.47. The lowest BCUT2D eigenvalue weighted by Crippen LogP contribution is -2.44. The molecule has 3 atom stereocenters. The summed E-state index contributed by atoms with van der Waals surface area (Å²) >= 11 is 1.53. The van der Waals surface area contributed by atoms with Gasteiger partial charge in [-0.3, -0.25) is 9.59 Å². The van der Waals surface area contributed by atoms with Crippen LogP contribution in [0, 0.1) is 5.92 Å². The van der Waals surface area contributed by atoms with Gasteiger partial charge in [0.2, 0.25) is 11.8 Å². The van der Waals surface area contributed by atoms with E-state index in [1.165, 1.54) is 11.3 Å². The molecule has 1 aliphatic heterocycles. The second-order valence-corrected chi connectivity index (χ2v) is 10.7. The van der Waals surface area contributed by atoms with Crippen LogP contribution in [-0.2, 0) is 9.59 Å². The Morgan fingerprint density at radius 3 is 2.58 bits per heavy atom. The molecule has 8 heteroatoms. The van der Waals surface area contributed by atoms with Gasteiger partial charge in [0.05, 0.1) is 6.04 Å². The number of likely N-dealkylation sites (tertiary alicyclic amines) is 1. The van der Waals surface area contributed by atoms with Gasteiger partial charge in [0.1, 0.15) is 21.4 Å². The average molecular weight is 529 g/mol. The largest absolute Gasteiger partial charge is 0.396 e. The molecule has 4 aromatic rings. The molecule has 5 rings (SSSR count). The first-order valence-electron chi connectivity index (χ1n) is 13.1. The fourth-order valence-corrected chi connectivity index (χ4v) is 6.12. The van der Waals surface area contributed by atoms with Crippen LogP contribution in [0.3, 0.4) is 0 Å². The summed E-state index contributed by atoms with van der Waals surface area (Å²) < 4.78 is 0. The number of hydrogen-bond acceptors (Lipinski definition) is 6. The number of aromatic nitrogens is 2. The van der Waals surface area contributed by atoms with Crippen LogP contribution in [-0.4, -0.2) is 44.9 Å². The predicted octanol–water partition coefficient (Wildman–Crippen LogP) is 5.29. The molecule has 1 fully saturated rings. The van der Waals surface area contributed by atoms with Gasteiger partial charge >= 0.3 is 0 Å². The Kier molecular flexibility index (Phi) is 8.10. The minimum Gasteiger partial charge on any atom is -0.396 e. The summed E-state index contributed by atoms with van der Waals surface area (Å²) in [6.45, 7) is 2.48. The molecule has 0 aliphatic carbocycles. The highest BCUT2D eigenvalue weighted by Crippen LogP contribution is 2.39. The molecule has 0 unspecified atom stereocenters. The SMILES string of the molecule is C[C@H](CCCO)C(=O)N[C@H](C(=O)N1CCC[C@H]1c1nc2c(-c3ccccc3)ccnc2s1)c1ccccc1. The Morgan fingerprint density at radius 1 is 1.11 bits per heavy atom. The molecule has 1 aliphatic rings. The number of benzene rings is 2. The van der Waals surface area contributed by atoms with Crippen molar-refractivity contribution < 1.29 is 14.7 Å². The van der Waals surface area contributed by atoms with E-state index in [9.17, 15) is 9.59 Å². The van der Waals surface area contributed by atoms with E-state index >= 15 is 0 Å². The molecule has 7 nitrogen and oxygen atoms in total. The van der Waals surface area contributed by atoms with Crippen LogP contribution in [0.5, 0.6) is 0 Å². The van der Waals surface area contributed by atoms with Crippen LogP contribution in [0.2, 0.25) is 0 Å². The number of pyridine rings is 1. The number of nitrogens with zero attached hydrogens (tertiary/aromatic N) is 3. The normalized spacial score (nSPS) is 16.9. The van der Waals surface area contributed by atoms with E-state index in [1.807, 2.05) is 72.6 Å². The number of thiazole rings is 1. The van der Waals surface area contributed by atoms with Crippen molar-refractivity contribution >= 4 is 33.5 Å². The van der Waals surface area contributed by atoms with Crippen LogP contribution in [0.4, 0.5) is 0 Å². The first kappa shape index (κ1) is 26.0. The third-order valence-electron chi connectivity index (χ3n) is 7.13. The average Bonchev–Trinajstić information content (AvgIpc) is 3.62. The van der Waals surface area contributed by atoms with Crippen molar-refractivity contribution in [2.24, 2.45) is 5.92 Å². The van der Waals surface area contributed by atoms with E-state index in [2.05, 4.69) is 22.4 Å². The minimum atomic E-state index is -0.784. The highest BCUT2D eigenvalue weighted by atomic mass is 32.1. The standard InChI is InChI=1S/C30H32N4O3S/c1-20(10-9-19-35)27(36)32-25(22-13-6-3-7-14-22)30(37)34-18-8-15-24(34)28-33-26-23(16-17-31-29(26)38-28)21-11-4-2-5-12-21/h2-7,11-14,16-17,20,24-25,35H,8-10,15,18-19H2,1H3,(H,32,36)/t20-,24+,25+/m1/s1. The Bertz CT molecular complexity index is 1390. The predicted molar refractivity (Wildman–Crippen MR) is 149 cm³/mol. The summed E-state index contributed by atoms with van der Waals surface area (Å²) in [6, 6.07) is 20.6. The number of nitrogens with one attached hydrogen (secondary N) is 1. The summed E-state index contributed by atoms with van der Waals surface area (Å²) in [5.41, 5.74) is 3.71. The van der Waals surface area contributed by atoms with Crippen LogP contribution < -0.4 is 5.32 Å². The van der Waals surface area contributed by atoms with Crippen molar-refractivity contribution in [1.29, 1.82) is 0 Å². The first-order chi connectivity index (χ1) is 18.6. The zero-order valence-corrected chi connectivity index (χ0v) is 22.2. The van der Waals surface area contributed by atoms with Crippen LogP contribution >= 0.6 is 11.3 Å². The molecule has 2 aromatic carbocycles. The fraction of sp³-hybridized carbons (Fsp3) is 0.333. The quantitative estimate of drug-likeness (QED) is 0.308. The van der Waals surface area contributed by atoms with Crippen LogP contribution in [0.1, 0.15) is 55.3 Å². The summed E-state index contributed by atoms with van der Waals surface area (Å²) in [6.07, 6.45) is 4.60. The first-order valence-corrected chi connectivity index (χ1v) is 14.0. The molecule has 3 heterocycles. The highest BCUT2D eigenvalue weighted by molar-refractivity contribution is 7.18. The number of aliphatic hydroxyl groups is 1. The number of carbonyl (C=O) groups excluding carboxylic acids is 2. The Labute approximate surface area is 226 Å². The molecule has 196 valence electrons. The molecule has 0 spiro atoms. The van der Waals surface area contributed by atoms with E-state index < -0.39 is 6.04 Å². The molecule has 0 radical (unpaired) electrons. The van der Waals surface area contributed by atoms with Gasteiger partial charge in [-0.05, 0) is 42.9 Å². The molecule has 38 heavy (non-hydrogen) atoms. The number of hydrogen-bond donors (Lipinski definition) is 2. The van der Waals surface area contributed by atoms with Crippen molar-refractivity contribution in [1.82, 2.24) is 20.2 Å². The van der Waals surface area contributed by atoms with E-state index in [0.29, 0.717) is 19.4 Å². The van der Waals surface area contributed by atoms with E-state index in [4.69, 9.17) is 10.1 Å². The van der Waals surface area contributed by atoms with E-state index in [0.717, 1.165) is 44.9 Å². The van der Waals surface area contributed by atoms with E-state index in [1.54, 1.807) is 0 Å². The van der Waals surface area contributed by atoms with Gasteiger partial charge in [-0.2, -0.15) is 0 Å². The summed E-state index contributed by atoms with van der Waals surface area (Å²) in [4.78, 5) is 39.4. The Balaban J connectivity index is 1.44. The van der Waals surface area contributed by atoms with Crippen molar-refractivity contribution in [3.63, 3.8) is 0 Å². The number of carbonyl (C=O) groups is 2. The minimum absolute atomic E-state index is 0.0388. The monoisotopic (exact) mass is 528 g/mol. The molecular weight excluding hydrogens is 496 g/mol. The Hall–Kier alpha value is -3.62. The van der Waals surface area contributed by atoms with Gasteiger partial charge in [0.15, 0.2) is 0 Å². The molecule has 0 bridgehead atoms. The summed E-state index contributed by atoms with van der Waals surface area (Å²) in [5, 5.41) is 13.0. The van der Waals surface area contributed by atoms with Crippen molar-refractivity contribution in [2.45, 2.75) is 44.7 Å². The van der Waals surface area contributed by atoms with Crippen molar-refractivity contribution in [3.8, 4) is 11.1 Å². The Morgan fingerprint density at radius 2 is 1.84 bits per heavy atom. The maximum absolute atomic E-state index is 14.0. The lowest BCUT2D eigenvalue weighted by atomic mass is 10.0. The van der Waals surface area contributed by atoms with Crippen molar-refractivity contribution in [2.75, 3.05) is 13.2 Å².